The van der Waals surface area contributed by atoms with Crippen molar-refractivity contribution in [3.05, 3.63) is 54.6 Å². The number of benzene rings is 1. The first kappa shape index (κ1) is 30.4. The highest BCUT2D eigenvalue weighted by Gasteiger charge is 2.78. The molecule has 1 N–H and O–H groups in total. The molecule has 3 aliphatic heterocycles. The molecule has 3 aliphatic rings. The fourth-order valence-corrected chi connectivity index (χ4v) is 9.67. The molecular formula is C32H44N2O5S. The van der Waals surface area contributed by atoms with Gasteiger partial charge in [0.05, 0.1) is 35.8 Å². The molecule has 0 aromatic heterocycles. The van der Waals surface area contributed by atoms with Crippen molar-refractivity contribution in [2.75, 3.05) is 24.7 Å². The molecule has 2 amide bonds. The van der Waals surface area contributed by atoms with Crippen molar-refractivity contribution in [3.8, 4) is 0 Å². The lowest BCUT2D eigenvalue weighted by Crippen LogP contribution is -2.58. The van der Waals surface area contributed by atoms with Crippen LogP contribution in [0, 0.1) is 31.6 Å². The van der Waals surface area contributed by atoms with E-state index in [0.29, 0.717) is 25.7 Å². The number of hydrogen-bond acceptors (Lipinski definition) is 6. The number of carbonyl (C=O) groups excluding carboxylic acids is 3. The number of fused-ring (bicyclic) bond motifs is 1. The molecule has 1 aromatic rings. The smallest absolute Gasteiger partial charge is 0.311 e. The summed E-state index contributed by atoms with van der Waals surface area (Å²) in [6.07, 6.45) is 5.84. The Morgan fingerprint density at radius 3 is 2.48 bits per heavy atom. The molecule has 1 aromatic carbocycles. The number of thioether (sulfide) groups is 1. The van der Waals surface area contributed by atoms with E-state index in [0.717, 1.165) is 16.8 Å². The van der Waals surface area contributed by atoms with E-state index in [1.165, 1.54) is 0 Å². The maximum Gasteiger partial charge on any atom is 0.311 e. The van der Waals surface area contributed by atoms with Gasteiger partial charge in [0.15, 0.2) is 0 Å². The van der Waals surface area contributed by atoms with Crippen molar-refractivity contribution in [2.24, 2.45) is 17.8 Å². The van der Waals surface area contributed by atoms with Crippen molar-refractivity contribution in [1.29, 1.82) is 0 Å². The largest absolute Gasteiger partial charge is 0.465 e. The third kappa shape index (κ3) is 4.91. The third-order valence-corrected chi connectivity index (χ3v) is 10.9. The summed E-state index contributed by atoms with van der Waals surface area (Å²) in [4.78, 5) is 46.3. The first-order valence-electron chi connectivity index (χ1n) is 14.4. The molecule has 3 saturated heterocycles. The zero-order chi connectivity index (χ0) is 29.4. The van der Waals surface area contributed by atoms with Crippen LogP contribution >= 0.6 is 11.8 Å². The van der Waals surface area contributed by atoms with Crippen LogP contribution in [0.15, 0.2) is 43.5 Å². The molecular weight excluding hydrogens is 524 g/mol. The quantitative estimate of drug-likeness (QED) is 0.221. The SMILES string of the molecule is C=CCCOC(=O)[C@@H]1[C@H]2C(=O)N([C@@H](CO)CC(C)C)C(C(=O)N(CC=C)c3c(C)cccc3C)C23CC[C@@]1(C)S3. The van der Waals surface area contributed by atoms with E-state index >= 15 is 0 Å². The third-order valence-electron chi connectivity index (χ3n) is 8.90. The molecule has 1 spiro atoms. The molecule has 0 saturated carbocycles. The molecule has 0 aliphatic carbocycles. The van der Waals surface area contributed by atoms with E-state index in [2.05, 4.69) is 13.2 Å². The Bertz CT molecular complexity index is 1160. The number of aliphatic hydroxyl groups is 1. The monoisotopic (exact) mass is 568 g/mol. The van der Waals surface area contributed by atoms with Crippen LogP contribution in [-0.2, 0) is 19.1 Å². The number of esters is 1. The van der Waals surface area contributed by atoms with E-state index < -0.39 is 33.4 Å². The Morgan fingerprint density at radius 1 is 1.23 bits per heavy atom. The second kappa shape index (κ2) is 11.7. The van der Waals surface area contributed by atoms with Gasteiger partial charge in [-0.3, -0.25) is 14.4 Å². The fraction of sp³-hybridized carbons (Fsp3) is 0.594. The van der Waals surface area contributed by atoms with E-state index in [1.807, 2.05) is 52.8 Å². The number of rotatable bonds is 12. The zero-order valence-electron chi connectivity index (χ0n) is 24.5. The van der Waals surface area contributed by atoms with E-state index in [1.54, 1.807) is 33.7 Å². The minimum Gasteiger partial charge on any atom is -0.465 e. The van der Waals surface area contributed by atoms with Gasteiger partial charge in [0.1, 0.15) is 6.04 Å². The Morgan fingerprint density at radius 2 is 1.90 bits per heavy atom. The second-order valence-corrected chi connectivity index (χ2v) is 14.1. The first-order valence-corrected chi connectivity index (χ1v) is 15.2. The Labute approximate surface area is 243 Å². The predicted octanol–water partition coefficient (Wildman–Crippen LogP) is 4.83. The number of aliphatic hydroxyl groups excluding tert-OH is 1. The van der Waals surface area contributed by atoms with Crippen LogP contribution < -0.4 is 4.90 Å². The van der Waals surface area contributed by atoms with Crippen LogP contribution in [0.5, 0.6) is 0 Å². The molecule has 218 valence electrons. The zero-order valence-corrected chi connectivity index (χ0v) is 25.3. The van der Waals surface area contributed by atoms with Crippen molar-refractivity contribution in [1.82, 2.24) is 4.90 Å². The lowest BCUT2D eigenvalue weighted by molar-refractivity contribution is -0.156. The van der Waals surface area contributed by atoms with Gasteiger partial charge in [-0.2, -0.15) is 0 Å². The summed E-state index contributed by atoms with van der Waals surface area (Å²) in [7, 11) is 0. The maximum absolute atomic E-state index is 14.9. The van der Waals surface area contributed by atoms with Crippen molar-refractivity contribution in [2.45, 2.75) is 81.9 Å². The molecule has 0 radical (unpaired) electrons. The highest BCUT2D eigenvalue weighted by Crippen LogP contribution is 2.72. The van der Waals surface area contributed by atoms with E-state index in [9.17, 15) is 19.5 Å². The average Bonchev–Trinajstić information content (AvgIpc) is 3.47. The van der Waals surface area contributed by atoms with Gasteiger partial charge in [-0.05, 0) is 63.5 Å². The molecule has 3 fully saturated rings. The van der Waals surface area contributed by atoms with Crippen LogP contribution in [0.25, 0.3) is 0 Å². The topological polar surface area (TPSA) is 87.1 Å². The standard InChI is InChI=1S/C32H44N2O5S/c1-8-10-17-39-30(38)25-24-28(36)34(23(19-35)18-20(3)4)27(32(24)15-14-31(25,7)40-32)29(37)33(16-9-2)26-21(5)12-11-13-22(26)6/h8-9,11-13,20,23-25,27,35H,1-2,10,14-19H2,3-7H3/t23-,24+,25+,27?,31-,32?/m1/s1. The number of anilines is 1. The van der Waals surface area contributed by atoms with Gasteiger partial charge in [0.25, 0.3) is 5.91 Å². The number of nitrogens with zero attached hydrogens (tertiary/aromatic N) is 2. The van der Waals surface area contributed by atoms with Gasteiger partial charge in [-0.15, -0.1) is 24.9 Å². The normalized spacial score (nSPS) is 29.4. The van der Waals surface area contributed by atoms with Crippen molar-refractivity contribution < 1.29 is 24.2 Å². The minimum atomic E-state index is -0.822. The number of para-hydroxylation sites is 1. The highest BCUT2D eigenvalue weighted by atomic mass is 32.2. The number of carbonyl (C=O) groups is 3. The van der Waals surface area contributed by atoms with Gasteiger partial charge in [-0.1, -0.05) is 44.2 Å². The average molecular weight is 569 g/mol. The number of aryl methyl sites for hydroxylation is 2. The summed E-state index contributed by atoms with van der Waals surface area (Å²) in [5, 5.41) is 10.6. The molecule has 7 nitrogen and oxygen atoms in total. The first-order chi connectivity index (χ1) is 19.0. The number of likely N-dealkylation sites (tertiary alicyclic amines) is 1. The second-order valence-electron chi connectivity index (χ2n) is 12.2. The lowest BCUT2D eigenvalue weighted by atomic mass is 9.66. The van der Waals surface area contributed by atoms with Gasteiger partial charge in [0.2, 0.25) is 5.91 Å². The maximum atomic E-state index is 14.9. The molecule has 3 heterocycles. The van der Waals surface area contributed by atoms with Gasteiger partial charge >= 0.3 is 5.97 Å². The summed E-state index contributed by atoms with van der Waals surface area (Å²) in [6, 6.07) is 4.57. The minimum absolute atomic E-state index is 0.187. The molecule has 8 heteroatoms. The Kier molecular flexibility index (Phi) is 8.91. The molecule has 2 bridgehead atoms. The summed E-state index contributed by atoms with van der Waals surface area (Å²) in [5.41, 5.74) is 2.73. The van der Waals surface area contributed by atoms with Gasteiger partial charge < -0.3 is 19.6 Å². The van der Waals surface area contributed by atoms with Crippen molar-refractivity contribution >= 4 is 35.2 Å². The lowest BCUT2D eigenvalue weighted by Gasteiger charge is -2.40. The van der Waals surface area contributed by atoms with Crippen LogP contribution in [-0.4, -0.2) is 69.1 Å². The van der Waals surface area contributed by atoms with E-state index in [-0.39, 0.29) is 43.5 Å². The molecule has 2 unspecified atom stereocenters. The van der Waals surface area contributed by atoms with Crippen LogP contribution in [0.4, 0.5) is 5.69 Å². The van der Waals surface area contributed by atoms with Crippen molar-refractivity contribution in [3.63, 3.8) is 0 Å². The summed E-state index contributed by atoms with van der Waals surface area (Å²) in [6.45, 7) is 18.0. The van der Waals surface area contributed by atoms with Gasteiger partial charge in [0, 0.05) is 17.0 Å². The summed E-state index contributed by atoms with van der Waals surface area (Å²) >= 11 is 1.62. The molecule has 4 rings (SSSR count). The Hall–Kier alpha value is -2.58. The molecule has 6 atom stereocenters. The van der Waals surface area contributed by atoms with Crippen LogP contribution in [0.2, 0.25) is 0 Å². The van der Waals surface area contributed by atoms with Crippen LogP contribution in [0.3, 0.4) is 0 Å². The number of ether oxygens (including phenoxy) is 1. The summed E-state index contributed by atoms with van der Waals surface area (Å²) in [5.74, 6) is -1.94. The van der Waals surface area contributed by atoms with E-state index in [4.69, 9.17) is 4.74 Å². The Balaban J connectivity index is 1.85. The highest BCUT2D eigenvalue weighted by molar-refractivity contribution is 8.02. The van der Waals surface area contributed by atoms with Gasteiger partial charge in [-0.25, -0.2) is 0 Å². The van der Waals surface area contributed by atoms with Crippen LogP contribution in [0.1, 0.15) is 57.6 Å². The summed E-state index contributed by atoms with van der Waals surface area (Å²) < 4.78 is 4.36. The fourth-order valence-electron chi connectivity index (χ4n) is 7.35. The predicted molar refractivity (Wildman–Crippen MR) is 160 cm³/mol. The number of amides is 2. The number of hydrogen-bond donors (Lipinski definition) is 1. The molecule has 40 heavy (non-hydrogen) atoms.